The van der Waals surface area contributed by atoms with Crippen LogP contribution in [0.15, 0.2) is 72.1 Å². The number of ether oxygens (including phenoxy) is 2. The summed E-state index contributed by atoms with van der Waals surface area (Å²) in [6.45, 7) is 0.869. The van der Waals surface area contributed by atoms with E-state index in [-0.39, 0.29) is 6.79 Å². The van der Waals surface area contributed by atoms with Crippen LogP contribution in [0.2, 0.25) is 5.02 Å². The van der Waals surface area contributed by atoms with Crippen molar-refractivity contribution in [2.45, 2.75) is 17.5 Å². The zero-order valence-electron chi connectivity index (χ0n) is 15.9. The molecule has 2 aromatic heterocycles. The number of thioether (sulfide) groups is 1. The maximum atomic E-state index is 6.32. The summed E-state index contributed by atoms with van der Waals surface area (Å²) in [6, 6.07) is 18.0. The normalized spacial score (nSPS) is 12.3. The Balaban J connectivity index is 1.44. The number of pyridine rings is 1. The van der Waals surface area contributed by atoms with Gasteiger partial charge in [-0.3, -0.25) is 9.55 Å². The molecule has 8 heteroatoms. The number of rotatable bonds is 6. The number of halogens is 1. The highest BCUT2D eigenvalue weighted by Gasteiger charge is 2.20. The van der Waals surface area contributed by atoms with Crippen molar-refractivity contribution >= 4 is 23.4 Å². The Kier molecular flexibility index (Phi) is 5.29. The Hall–Kier alpha value is -3.03. The van der Waals surface area contributed by atoms with E-state index in [1.165, 1.54) is 5.56 Å². The van der Waals surface area contributed by atoms with Crippen LogP contribution < -0.4 is 9.47 Å². The van der Waals surface area contributed by atoms with E-state index in [0.717, 1.165) is 22.1 Å². The number of aromatic nitrogens is 4. The zero-order chi connectivity index (χ0) is 20.3. The van der Waals surface area contributed by atoms with Crippen LogP contribution in [0.4, 0.5) is 0 Å². The molecule has 0 saturated heterocycles. The van der Waals surface area contributed by atoms with Crippen LogP contribution >= 0.6 is 23.4 Å². The van der Waals surface area contributed by atoms with Gasteiger partial charge in [0, 0.05) is 23.7 Å². The molecule has 0 aliphatic carbocycles. The molecule has 4 aromatic rings. The molecule has 6 nitrogen and oxygen atoms in total. The Morgan fingerprint density at radius 3 is 2.73 bits per heavy atom. The van der Waals surface area contributed by atoms with Crippen LogP contribution in [-0.4, -0.2) is 26.5 Å². The van der Waals surface area contributed by atoms with Crippen LogP contribution in [0.1, 0.15) is 11.1 Å². The lowest BCUT2D eigenvalue weighted by atomic mass is 10.2. The molecule has 5 rings (SSSR count). The fourth-order valence-electron chi connectivity index (χ4n) is 3.26. The minimum Gasteiger partial charge on any atom is -0.454 e. The van der Waals surface area contributed by atoms with Gasteiger partial charge in [0.25, 0.3) is 0 Å². The molecule has 0 N–H and O–H groups in total. The Labute approximate surface area is 182 Å². The van der Waals surface area contributed by atoms with Crippen molar-refractivity contribution in [2.24, 2.45) is 0 Å². The first kappa shape index (κ1) is 19.0. The topological polar surface area (TPSA) is 62.1 Å². The molecule has 0 radical (unpaired) electrons. The molecule has 30 heavy (non-hydrogen) atoms. The maximum Gasteiger partial charge on any atom is 0.231 e. The highest BCUT2D eigenvalue weighted by molar-refractivity contribution is 7.98. The van der Waals surface area contributed by atoms with Crippen molar-refractivity contribution in [1.29, 1.82) is 0 Å². The molecule has 2 aromatic carbocycles. The molecular formula is C22H17ClN4O2S. The summed E-state index contributed by atoms with van der Waals surface area (Å²) in [6.07, 6.45) is 3.55. The summed E-state index contributed by atoms with van der Waals surface area (Å²) in [5.41, 5.74) is 3.14. The second kappa shape index (κ2) is 8.38. The Bertz CT molecular complexity index is 1170. The van der Waals surface area contributed by atoms with E-state index in [4.69, 9.17) is 21.1 Å². The van der Waals surface area contributed by atoms with Crippen molar-refractivity contribution in [3.63, 3.8) is 0 Å². The van der Waals surface area contributed by atoms with Gasteiger partial charge < -0.3 is 9.47 Å². The lowest BCUT2D eigenvalue weighted by Gasteiger charge is -2.11. The van der Waals surface area contributed by atoms with Gasteiger partial charge in [0.05, 0.1) is 11.6 Å². The van der Waals surface area contributed by atoms with Gasteiger partial charge in [0.15, 0.2) is 22.5 Å². The van der Waals surface area contributed by atoms with E-state index in [2.05, 4.69) is 31.9 Å². The van der Waals surface area contributed by atoms with Gasteiger partial charge >= 0.3 is 0 Å². The van der Waals surface area contributed by atoms with Crippen molar-refractivity contribution in [1.82, 2.24) is 19.7 Å². The monoisotopic (exact) mass is 436 g/mol. The number of nitrogens with zero attached hydrogens (tertiary/aromatic N) is 4. The number of fused-ring (bicyclic) bond motifs is 1. The molecule has 1 aliphatic rings. The maximum absolute atomic E-state index is 6.32. The van der Waals surface area contributed by atoms with Crippen LogP contribution in [0.3, 0.4) is 0 Å². The first-order valence-electron chi connectivity index (χ1n) is 9.36. The molecule has 0 atom stereocenters. The van der Waals surface area contributed by atoms with Gasteiger partial charge in [0.2, 0.25) is 6.79 Å². The predicted octanol–water partition coefficient (Wildman–Crippen LogP) is 5.06. The van der Waals surface area contributed by atoms with E-state index in [9.17, 15) is 0 Å². The Morgan fingerprint density at radius 2 is 1.90 bits per heavy atom. The smallest absolute Gasteiger partial charge is 0.231 e. The second-order valence-electron chi connectivity index (χ2n) is 6.72. The van der Waals surface area contributed by atoms with Gasteiger partial charge in [-0.1, -0.05) is 53.7 Å². The third-order valence-electron chi connectivity index (χ3n) is 4.68. The van der Waals surface area contributed by atoms with E-state index < -0.39 is 0 Å². The first-order chi connectivity index (χ1) is 14.8. The van der Waals surface area contributed by atoms with Gasteiger partial charge in [-0.2, -0.15) is 0 Å². The minimum atomic E-state index is 0.200. The van der Waals surface area contributed by atoms with Crippen molar-refractivity contribution in [3.8, 4) is 22.9 Å². The zero-order valence-corrected chi connectivity index (χ0v) is 17.4. The highest BCUT2D eigenvalue weighted by atomic mass is 35.5. The molecule has 0 saturated carbocycles. The van der Waals surface area contributed by atoms with Gasteiger partial charge in [0.1, 0.15) is 0 Å². The van der Waals surface area contributed by atoms with Gasteiger partial charge in [-0.05, 0) is 35.4 Å². The molecular weight excluding hydrogens is 420 g/mol. The van der Waals surface area contributed by atoms with Gasteiger partial charge in [-0.25, -0.2) is 0 Å². The second-order valence-corrected chi connectivity index (χ2v) is 8.07. The van der Waals surface area contributed by atoms with Crippen LogP contribution in [-0.2, 0) is 12.3 Å². The average molecular weight is 437 g/mol. The lowest BCUT2D eigenvalue weighted by Crippen LogP contribution is -2.04. The quantitative estimate of drug-likeness (QED) is 0.393. The fourth-order valence-corrected chi connectivity index (χ4v) is 4.42. The summed E-state index contributed by atoms with van der Waals surface area (Å²) < 4.78 is 13.0. The SMILES string of the molecule is Clc1cc(CSc2nnc(-c3cccnc3)n2Cc2ccccc2)cc2c1OCO2. The molecule has 0 spiro atoms. The van der Waals surface area contributed by atoms with Gasteiger partial charge in [-0.15, -0.1) is 10.2 Å². The summed E-state index contributed by atoms with van der Waals surface area (Å²) in [5.74, 6) is 2.76. The molecule has 0 bridgehead atoms. The lowest BCUT2D eigenvalue weighted by molar-refractivity contribution is 0.174. The van der Waals surface area contributed by atoms with Crippen LogP contribution in [0.25, 0.3) is 11.4 Å². The predicted molar refractivity (Wildman–Crippen MR) is 116 cm³/mol. The van der Waals surface area contributed by atoms with Crippen LogP contribution in [0.5, 0.6) is 11.5 Å². The molecule has 3 heterocycles. The molecule has 0 unspecified atom stereocenters. The third-order valence-corrected chi connectivity index (χ3v) is 5.99. The van der Waals surface area contributed by atoms with Crippen molar-refractivity contribution < 1.29 is 9.47 Å². The number of hydrogen-bond acceptors (Lipinski definition) is 6. The molecule has 0 amide bonds. The average Bonchev–Trinajstić information content (AvgIpc) is 3.41. The summed E-state index contributed by atoms with van der Waals surface area (Å²) in [4.78, 5) is 4.23. The Morgan fingerprint density at radius 1 is 1.00 bits per heavy atom. The molecule has 150 valence electrons. The van der Waals surface area contributed by atoms with E-state index in [1.54, 1.807) is 24.2 Å². The van der Waals surface area contributed by atoms with E-state index >= 15 is 0 Å². The van der Waals surface area contributed by atoms with Crippen molar-refractivity contribution in [3.05, 3.63) is 83.1 Å². The molecule has 0 fully saturated rings. The first-order valence-corrected chi connectivity index (χ1v) is 10.7. The largest absolute Gasteiger partial charge is 0.454 e. The minimum absolute atomic E-state index is 0.200. The van der Waals surface area contributed by atoms with E-state index in [1.807, 2.05) is 42.5 Å². The van der Waals surface area contributed by atoms with Crippen molar-refractivity contribution in [2.75, 3.05) is 6.79 Å². The number of hydrogen-bond donors (Lipinski definition) is 0. The van der Waals surface area contributed by atoms with Crippen LogP contribution in [0, 0.1) is 0 Å². The third kappa shape index (κ3) is 3.86. The number of benzene rings is 2. The highest BCUT2D eigenvalue weighted by Crippen LogP contribution is 2.41. The summed E-state index contributed by atoms with van der Waals surface area (Å²) >= 11 is 7.93. The fraction of sp³-hybridized carbons (Fsp3) is 0.136. The summed E-state index contributed by atoms with van der Waals surface area (Å²) in [7, 11) is 0. The molecule has 1 aliphatic heterocycles. The van der Waals surface area contributed by atoms with E-state index in [0.29, 0.717) is 28.8 Å². The standard InChI is InChI=1S/C22H17ClN4O2S/c23-18-9-16(10-19-20(18)29-14-28-19)13-30-22-26-25-21(17-7-4-8-24-11-17)27(22)12-15-5-2-1-3-6-15/h1-11H,12-14H2. The summed E-state index contributed by atoms with van der Waals surface area (Å²) in [5, 5.41) is 10.3.